The first-order valence-corrected chi connectivity index (χ1v) is 7.96. The highest BCUT2D eigenvalue weighted by Crippen LogP contribution is 2.26. The smallest absolute Gasteiger partial charge is 0.231 e. The van der Waals surface area contributed by atoms with E-state index in [1.165, 1.54) is 24.1 Å². The largest absolute Gasteiger partial charge is 0.371 e. The number of hydrogen-bond donors (Lipinski definition) is 0. The highest BCUT2D eigenvalue weighted by atomic mass is 16.5. The van der Waals surface area contributed by atoms with Crippen LogP contribution in [-0.2, 0) is 6.42 Å². The quantitative estimate of drug-likeness (QED) is 0.740. The summed E-state index contributed by atoms with van der Waals surface area (Å²) in [5.41, 5.74) is 3.39. The van der Waals surface area contributed by atoms with Gasteiger partial charge < -0.3 is 9.42 Å². The van der Waals surface area contributed by atoms with E-state index < -0.39 is 0 Å². The molecule has 3 heterocycles. The second kappa shape index (κ2) is 6.20. The number of para-hydroxylation sites is 1. The first-order chi connectivity index (χ1) is 11.4. The Labute approximate surface area is 135 Å². The van der Waals surface area contributed by atoms with Crippen LogP contribution in [0.2, 0.25) is 0 Å². The minimum absolute atomic E-state index is 0.590. The highest BCUT2D eigenvalue weighted by Gasteiger charge is 2.17. The maximum atomic E-state index is 5.43. The summed E-state index contributed by atoms with van der Waals surface area (Å²) >= 11 is 0. The summed E-state index contributed by atoms with van der Waals surface area (Å²) in [7, 11) is 0. The monoisotopic (exact) mass is 306 g/mol. The van der Waals surface area contributed by atoms with Gasteiger partial charge in [-0.3, -0.25) is 4.98 Å². The summed E-state index contributed by atoms with van der Waals surface area (Å²) in [6.07, 6.45) is 6.66. The predicted molar refractivity (Wildman–Crippen MR) is 88.2 cm³/mol. The van der Waals surface area contributed by atoms with Gasteiger partial charge in [-0.15, -0.1) is 0 Å². The third-order valence-corrected chi connectivity index (χ3v) is 4.17. The Hall–Kier alpha value is -2.69. The topological polar surface area (TPSA) is 55.1 Å². The molecular weight excluding hydrogens is 288 g/mol. The lowest BCUT2D eigenvalue weighted by molar-refractivity contribution is 0.385. The van der Waals surface area contributed by atoms with Gasteiger partial charge in [-0.25, -0.2) is 0 Å². The predicted octanol–water partition coefficient (Wildman–Crippen LogP) is 3.32. The molecule has 3 aromatic rings. The van der Waals surface area contributed by atoms with Gasteiger partial charge in [0.2, 0.25) is 11.7 Å². The van der Waals surface area contributed by atoms with Crippen LogP contribution in [0.25, 0.3) is 11.4 Å². The average Bonchev–Trinajstić information content (AvgIpc) is 3.28. The zero-order chi connectivity index (χ0) is 15.5. The number of anilines is 1. The molecule has 2 aromatic heterocycles. The fraction of sp³-hybridized carbons (Fsp3) is 0.278. The fourth-order valence-corrected chi connectivity index (χ4v) is 3.03. The molecule has 0 radical (unpaired) electrons. The molecule has 1 saturated heterocycles. The summed E-state index contributed by atoms with van der Waals surface area (Å²) in [5.74, 6) is 1.22. The van der Waals surface area contributed by atoms with Crippen LogP contribution in [-0.4, -0.2) is 28.2 Å². The Morgan fingerprint density at radius 3 is 2.74 bits per heavy atom. The molecular formula is C18H18N4O. The maximum Gasteiger partial charge on any atom is 0.231 e. The third kappa shape index (κ3) is 2.95. The number of rotatable bonds is 4. The van der Waals surface area contributed by atoms with E-state index in [0.29, 0.717) is 18.1 Å². The normalized spacial score (nSPS) is 14.3. The van der Waals surface area contributed by atoms with Crippen molar-refractivity contribution in [3.8, 4) is 11.4 Å². The molecule has 0 atom stereocenters. The van der Waals surface area contributed by atoms with Gasteiger partial charge >= 0.3 is 0 Å². The SMILES string of the molecule is c1cncc(-c2noc(Cc3ccccc3N3CCCC3)n2)c1. The Kier molecular flexibility index (Phi) is 3.76. The van der Waals surface area contributed by atoms with Crippen molar-refractivity contribution in [1.29, 1.82) is 0 Å². The Morgan fingerprint density at radius 1 is 1.04 bits per heavy atom. The molecule has 0 amide bonds. The van der Waals surface area contributed by atoms with E-state index in [0.717, 1.165) is 18.7 Å². The van der Waals surface area contributed by atoms with Crippen molar-refractivity contribution >= 4 is 5.69 Å². The second-order valence-electron chi connectivity index (χ2n) is 5.75. The molecule has 116 valence electrons. The summed E-state index contributed by atoms with van der Waals surface area (Å²) < 4.78 is 5.43. The lowest BCUT2D eigenvalue weighted by atomic mass is 10.1. The van der Waals surface area contributed by atoms with Gasteiger partial charge in [-0.2, -0.15) is 4.98 Å². The van der Waals surface area contributed by atoms with Gasteiger partial charge in [0.25, 0.3) is 0 Å². The van der Waals surface area contributed by atoms with E-state index in [2.05, 4.69) is 44.3 Å². The van der Waals surface area contributed by atoms with Gasteiger partial charge in [0.15, 0.2) is 0 Å². The van der Waals surface area contributed by atoms with E-state index in [1.807, 2.05) is 12.1 Å². The number of nitrogens with zero attached hydrogens (tertiary/aromatic N) is 4. The summed E-state index contributed by atoms with van der Waals surface area (Å²) in [6.45, 7) is 2.25. The van der Waals surface area contributed by atoms with Crippen molar-refractivity contribution in [3.63, 3.8) is 0 Å². The molecule has 0 bridgehead atoms. The molecule has 1 aromatic carbocycles. The first-order valence-electron chi connectivity index (χ1n) is 7.96. The molecule has 23 heavy (non-hydrogen) atoms. The summed E-state index contributed by atoms with van der Waals surface area (Å²) in [4.78, 5) is 11.0. The first kappa shape index (κ1) is 13.9. The molecule has 1 aliphatic heterocycles. The number of pyridine rings is 1. The Balaban J connectivity index is 1.58. The zero-order valence-corrected chi connectivity index (χ0v) is 12.9. The van der Waals surface area contributed by atoms with Crippen LogP contribution in [0.1, 0.15) is 24.3 Å². The van der Waals surface area contributed by atoms with Crippen LogP contribution in [0.4, 0.5) is 5.69 Å². The van der Waals surface area contributed by atoms with Crippen LogP contribution >= 0.6 is 0 Å². The Morgan fingerprint density at radius 2 is 1.91 bits per heavy atom. The number of hydrogen-bond acceptors (Lipinski definition) is 5. The van der Waals surface area contributed by atoms with Crippen LogP contribution in [0.15, 0.2) is 53.3 Å². The minimum atomic E-state index is 0.590. The van der Waals surface area contributed by atoms with Crippen LogP contribution in [0.3, 0.4) is 0 Å². The van der Waals surface area contributed by atoms with Gasteiger partial charge in [-0.05, 0) is 36.6 Å². The van der Waals surface area contributed by atoms with Crippen molar-refractivity contribution in [3.05, 3.63) is 60.2 Å². The highest BCUT2D eigenvalue weighted by molar-refractivity contribution is 5.56. The van der Waals surface area contributed by atoms with Crippen molar-refractivity contribution < 1.29 is 4.52 Å². The Bertz CT molecular complexity index is 778. The van der Waals surface area contributed by atoms with Crippen molar-refractivity contribution in [1.82, 2.24) is 15.1 Å². The molecule has 1 fully saturated rings. The zero-order valence-electron chi connectivity index (χ0n) is 12.9. The van der Waals surface area contributed by atoms with Crippen LogP contribution in [0.5, 0.6) is 0 Å². The average molecular weight is 306 g/mol. The number of benzene rings is 1. The van der Waals surface area contributed by atoms with Gasteiger partial charge in [0, 0.05) is 36.7 Å². The summed E-state index contributed by atoms with van der Waals surface area (Å²) in [6, 6.07) is 12.3. The number of aromatic nitrogens is 3. The summed E-state index contributed by atoms with van der Waals surface area (Å²) in [5, 5.41) is 4.07. The van der Waals surface area contributed by atoms with Crippen LogP contribution in [0, 0.1) is 0 Å². The lowest BCUT2D eigenvalue weighted by Crippen LogP contribution is -2.19. The van der Waals surface area contributed by atoms with Gasteiger partial charge in [0.1, 0.15) is 0 Å². The molecule has 4 rings (SSSR count). The van der Waals surface area contributed by atoms with E-state index in [-0.39, 0.29) is 0 Å². The molecule has 0 unspecified atom stereocenters. The van der Waals surface area contributed by atoms with E-state index in [1.54, 1.807) is 12.4 Å². The third-order valence-electron chi connectivity index (χ3n) is 4.17. The maximum absolute atomic E-state index is 5.43. The van der Waals surface area contributed by atoms with Crippen molar-refractivity contribution in [2.75, 3.05) is 18.0 Å². The molecule has 0 spiro atoms. The van der Waals surface area contributed by atoms with Gasteiger partial charge in [-0.1, -0.05) is 23.4 Å². The van der Waals surface area contributed by atoms with Crippen molar-refractivity contribution in [2.45, 2.75) is 19.3 Å². The molecule has 5 heteroatoms. The second-order valence-corrected chi connectivity index (χ2v) is 5.75. The molecule has 0 N–H and O–H groups in total. The van der Waals surface area contributed by atoms with E-state index in [4.69, 9.17) is 4.52 Å². The molecule has 5 nitrogen and oxygen atoms in total. The standard InChI is InChI=1S/C18H18N4O/c1-2-8-16(22-10-3-4-11-22)14(6-1)12-17-20-18(21-23-17)15-7-5-9-19-13-15/h1-2,5-9,13H,3-4,10-12H2. The van der Waals surface area contributed by atoms with Gasteiger partial charge in [0.05, 0.1) is 6.42 Å². The molecule has 1 aliphatic rings. The fourth-order valence-electron chi connectivity index (χ4n) is 3.03. The minimum Gasteiger partial charge on any atom is -0.371 e. The van der Waals surface area contributed by atoms with Crippen LogP contribution < -0.4 is 4.90 Å². The molecule has 0 aliphatic carbocycles. The van der Waals surface area contributed by atoms with E-state index in [9.17, 15) is 0 Å². The lowest BCUT2D eigenvalue weighted by Gasteiger charge is -2.20. The van der Waals surface area contributed by atoms with E-state index >= 15 is 0 Å². The van der Waals surface area contributed by atoms with Crippen molar-refractivity contribution in [2.24, 2.45) is 0 Å². The molecule has 0 saturated carbocycles.